The molecule has 0 radical (unpaired) electrons. The molecule has 20 heavy (non-hydrogen) atoms. The molecule has 3 rings (SSSR count). The highest BCUT2D eigenvalue weighted by Crippen LogP contribution is 2.30. The zero-order chi connectivity index (χ0) is 14.1. The third kappa shape index (κ3) is 2.27. The van der Waals surface area contributed by atoms with Crippen LogP contribution >= 0.6 is 11.8 Å². The minimum Gasteiger partial charge on any atom is -0.497 e. The quantitative estimate of drug-likeness (QED) is 0.939. The topological polar surface area (TPSA) is 64.2 Å². The summed E-state index contributed by atoms with van der Waals surface area (Å²) >= 11 is 1.70. The van der Waals surface area contributed by atoms with Crippen molar-refractivity contribution in [3.63, 3.8) is 0 Å². The van der Waals surface area contributed by atoms with Gasteiger partial charge < -0.3 is 14.5 Å². The number of aromatic nitrogens is 2. The van der Waals surface area contributed by atoms with E-state index in [0.717, 1.165) is 28.3 Å². The number of H-pyrrole nitrogens is 1. The number of fused-ring (bicyclic) bond motifs is 1. The molecule has 1 aliphatic rings. The first-order valence-corrected chi connectivity index (χ1v) is 7.30. The van der Waals surface area contributed by atoms with Gasteiger partial charge >= 0.3 is 0 Å². The summed E-state index contributed by atoms with van der Waals surface area (Å²) in [7, 11) is 3.18. The van der Waals surface area contributed by atoms with Crippen LogP contribution in [-0.4, -0.2) is 24.2 Å². The normalized spacial score (nSPS) is 13.1. The van der Waals surface area contributed by atoms with Crippen LogP contribution in [0.5, 0.6) is 11.5 Å². The van der Waals surface area contributed by atoms with Crippen molar-refractivity contribution in [2.45, 2.75) is 11.5 Å². The fourth-order valence-electron chi connectivity index (χ4n) is 2.14. The molecule has 0 atom stereocenters. The Morgan fingerprint density at radius 3 is 2.50 bits per heavy atom. The van der Waals surface area contributed by atoms with Gasteiger partial charge in [-0.3, -0.25) is 4.79 Å². The van der Waals surface area contributed by atoms with Crippen molar-refractivity contribution >= 4 is 11.8 Å². The zero-order valence-electron chi connectivity index (χ0n) is 11.2. The highest BCUT2D eigenvalue weighted by atomic mass is 32.2. The van der Waals surface area contributed by atoms with Crippen molar-refractivity contribution in [3.8, 4) is 22.9 Å². The Hall–Kier alpha value is -1.95. The van der Waals surface area contributed by atoms with Crippen LogP contribution in [0.3, 0.4) is 0 Å². The molecule has 0 saturated carbocycles. The molecule has 0 bridgehead atoms. The smallest absolute Gasteiger partial charge is 0.255 e. The first-order valence-electron chi connectivity index (χ1n) is 6.14. The van der Waals surface area contributed by atoms with Crippen molar-refractivity contribution in [1.82, 2.24) is 9.97 Å². The Morgan fingerprint density at radius 2 is 1.85 bits per heavy atom. The molecule has 6 heteroatoms. The van der Waals surface area contributed by atoms with Crippen LogP contribution in [0.15, 0.2) is 23.0 Å². The van der Waals surface area contributed by atoms with E-state index in [1.165, 1.54) is 0 Å². The molecule has 2 heterocycles. The van der Waals surface area contributed by atoms with Crippen molar-refractivity contribution in [2.24, 2.45) is 0 Å². The predicted octanol–water partition coefficient (Wildman–Crippen LogP) is 2.20. The summed E-state index contributed by atoms with van der Waals surface area (Å²) in [6, 6.07) is 5.44. The molecule has 0 spiro atoms. The van der Waals surface area contributed by atoms with E-state index < -0.39 is 0 Å². The van der Waals surface area contributed by atoms with Crippen LogP contribution in [0.25, 0.3) is 11.4 Å². The molecule has 1 aliphatic heterocycles. The lowest BCUT2D eigenvalue weighted by molar-refractivity contribution is 0.394. The van der Waals surface area contributed by atoms with Gasteiger partial charge in [0, 0.05) is 28.7 Å². The third-order valence-corrected chi connectivity index (χ3v) is 4.18. The van der Waals surface area contributed by atoms with Gasteiger partial charge in [-0.1, -0.05) is 0 Å². The average molecular weight is 290 g/mol. The van der Waals surface area contributed by atoms with Crippen molar-refractivity contribution < 1.29 is 9.47 Å². The molecule has 0 aliphatic carbocycles. The molecular weight excluding hydrogens is 276 g/mol. The van der Waals surface area contributed by atoms with Crippen LogP contribution in [0.2, 0.25) is 0 Å². The Labute approximate surface area is 120 Å². The number of benzene rings is 1. The maximum Gasteiger partial charge on any atom is 0.255 e. The van der Waals surface area contributed by atoms with E-state index in [-0.39, 0.29) is 5.56 Å². The number of nitrogens with zero attached hydrogens (tertiary/aromatic N) is 1. The summed E-state index contributed by atoms with van der Waals surface area (Å²) in [6.45, 7) is 0. The first kappa shape index (κ1) is 13.1. The van der Waals surface area contributed by atoms with Crippen molar-refractivity contribution in [1.29, 1.82) is 0 Å². The minimum absolute atomic E-state index is 0.0585. The highest BCUT2D eigenvalue weighted by Gasteiger charge is 2.18. The van der Waals surface area contributed by atoms with Gasteiger partial charge in [-0.05, 0) is 12.1 Å². The van der Waals surface area contributed by atoms with E-state index in [0.29, 0.717) is 17.3 Å². The summed E-state index contributed by atoms with van der Waals surface area (Å²) < 4.78 is 10.5. The zero-order valence-corrected chi connectivity index (χ0v) is 12.0. The van der Waals surface area contributed by atoms with E-state index in [1.807, 2.05) is 12.1 Å². The van der Waals surface area contributed by atoms with E-state index in [1.54, 1.807) is 32.0 Å². The molecule has 0 amide bonds. The van der Waals surface area contributed by atoms with Gasteiger partial charge in [-0.2, -0.15) is 11.8 Å². The second-order valence-corrected chi connectivity index (χ2v) is 5.42. The fraction of sp³-hybridized carbons (Fsp3) is 0.286. The SMILES string of the molecule is COc1cc(OC)cc(-c2nc3c(c(=O)[nH]2)CSC3)c1. The number of thioether (sulfide) groups is 1. The molecular formula is C14H14N2O3S. The number of hydrogen-bond acceptors (Lipinski definition) is 5. The summed E-state index contributed by atoms with van der Waals surface area (Å²) in [4.78, 5) is 19.4. The van der Waals surface area contributed by atoms with E-state index in [4.69, 9.17) is 9.47 Å². The van der Waals surface area contributed by atoms with Gasteiger partial charge in [-0.15, -0.1) is 0 Å². The number of nitrogens with one attached hydrogen (secondary N) is 1. The average Bonchev–Trinajstić information content (AvgIpc) is 2.95. The maximum absolute atomic E-state index is 12.0. The Morgan fingerprint density at radius 1 is 1.15 bits per heavy atom. The number of aromatic amines is 1. The molecule has 1 aromatic heterocycles. The molecule has 104 valence electrons. The second-order valence-electron chi connectivity index (χ2n) is 4.43. The van der Waals surface area contributed by atoms with E-state index in [2.05, 4.69) is 9.97 Å². The Kier molecular flexibility index (Phi) is 3.40. The van der Waals surface area contributed by atoms with Crippen LogP contribution in [0, 0.1) is 0 Å². The highest BCUT2D eigenvalue weighted by molar-refractivity contribution is 7.98. The Bertz CT molecular complexity index is 690. The molecule has 0 saturated heterocycles. The second kappa shape index (κ2) is 5.20. The van der Waals surface area contributed by atoms with Gasteiger partial charge in [0.05, 0.1) is 19.9 Å². The largest absolute Gasteiger partial charge is 0.497 e. The first-order chi connectivity index (χ1) is 9.71. The fourth-order valence-corrected chi connectivity index (χ4v) is 3.18. The van der Waals surface area contributed by atoms with Crippen LogP contribution in [0.1, 0.15) is 11.3 Å². The van der Waals surface area contributed by atoms with Crippen LogP contribution in [0.4, 0.5) is 0 Å². The summed E-state index contributed by atoms with van der Waals surface area (Å²) in [6.07, 6.45) is 0. The number of hydrogen-bond donors (Lipinski definition) is 1. The predicted molar refractivity (Wildman–Crippen MR) is 78.4 cm³/mol. The lowest BCUT2D eigenvalue weighted by atomic mass is 10.1. The summed E-state index contributed by atoms with van der Waals surface area (Å²) in [5.41, 5.74) is 2.37. The molecule has 1 aromatic carbocycles. The van der Waals surface area contributed by atoms with Gasteiger partial charge in [0.2, 0.25) is 0 Å². The van der Waals surface area contributed by atoms with E-state index >= 15 is 0 Å². The Balaban J connectivity index is 2.13. The van der Waals surface area contributed by atoms with Gasteiger partial charge in [0.25, 0.3) is 5.56 Å². The molecule has 2 aromatic rings. The monoisotopic (exact) mass is 290 g/mol. The van der Waals surface area contributed by atoms with E-state index in [9.17, 15) is 4.79 Å². The number of ether oxygens (including phenoxy) is 2. The lowest BCUT2D eigenvalue weighted by Crippen LogP contribution is -2.15. The van der Waals surface area contributed by atoms with Crippen LogP contribution < -0.4 is 15.0 Å². The summed E-state index contributed by atoms with van der Waals surface area (Å²) in [5, 5.41) is 0. The lowest BCUT2D eigenvalue weighted by Gasteiger charge is -2.09. The number of rotatable bonds is 3. The molecule has 0 fully saturated rings. The standard InChI is InChI=1S/C14H14N2O3S/c1-18-9-3-8(4-10(5-9)19-2)13-15-12-7-20-6-11(12)14(17)16-13/h3-5H,6-7H2,1-2H3,(H,15,16,17). The molecule has 1 N–H and O–H groups in total. The maximum atomic E-state index is 12.0. The third-order valence-electron chi connectivity index (χ3n) is 3.21. The molecule has 5 nitrogen and oxygen atoms in total. The molecule has 0 unspecified atom stereocenters. The van der Waals surface area contributed by atoms with Gasteiger partial charge in [-0.25, -0.2) is 4.98 Å². The number of methoxy groups -OCH3 is 2. The summed E-state index contributed by atoms with van der Waals surface area (Å²) in [5.74, 6) is 3.40. The van der Waals surface area contributed by atoms with Crippen LogP contribution in [-0.2, 0) is 11.5 Å². The van der Waals surface area contributed by atoms with Crippen molar-refractivity contribution in [3.05, 3.63) is 39.8 Å². The van der Waals surface area contributed by atoms with Gasteiger partial charge in [0.1, 0.15) is 17.3 Å². The van der Waals surface area contributed by atoms with Crippen molar-refractivity contribution in [2.75, 3.05) is 14.2 Å². The van der Waals surface area contributed by atoms with Gasteiger partial charge in [0.15, 0.2) is 0 Å². The minimum atomic E-state index is -0.0585.